The summed E-state index contributed by atoms with van der Waals surface area (Å²) in [7, 11) is 0. The molecule has 0 aromatic heterocycles. The van der Waals surface area contributed by atoms with Crippen LogP contribution in [-0.4, -0.2) is 28.8 Å². The number of anilines is 1. The molecule has 1 saturated carbocycles. The number of nitrogens with one attached hydrogen (secondary N) is 2. The number of carbonyl (C=O) groups excluding carboxylic acids is 1. The van der Waals surface area contributed by atoms with Crippen molar-refractivity contribution in [3.63, 3.8) is 0 Å². The Bertz CT molecular complexity index is 510. The molecule has 2 amide bonds. The van der Waals surface area contributed by atoms with Crippen LogP contribution in [-0.2, 0) is 0 Å². The molecule has 0 saturated heterocycles. The van der Waals surface area contributed by atoms with E-state index in [2.05, 4.69) is 10.6 Å². The van der Waals surface area contributed by atoms with Gasteiger partial charge >= 0.3 is 12.0 Å². The first-order valence-corrected chi connectivity index (χ1v) is 6.67. The highest BCUT2D eigenvalue weighted by Crippen LogP contribution is 2.24. The van der Waals surface area contributed by atoms with E-state index >= 15 is 0 Å². The second-order valence-electron chi connectivity index (χ2n) is 5.02. The summed E-state index contributed by atoms with van der Waals surface area (Å²) in [6.07, 6.45) is 4.74. The Morgan fingerprint density at radius 2 is 1.95 bits per heavy atom. The third-order valence-corrected chi connectivity index (χ3v) is 3.51. The summed E-state index contributed by atoms with van der Waals surface area (Å²) in [5.41, 5.74) is 0.165. The van der Waals surface area contributed by atoms with Crippen molar-refractivity contribution in [3.05, 3.63) is 23.8 Å². The molecule has 4 N–H and O–H groups in total. The number of hydrogen-bond acceptors (Lipinski definition) is 3. The van der Waals surface area contributed by atoms with Gasteiger partial charge in [-0.15, -0.1) is 0 Å². The zero-order valence-electron chi connectivity index (χ0n) is 11.1. The topological polar surface area (TPSA) is 98.7 Å². The van der Waals surface area contributed by atoms with Crippen LogP contribution in [0.15, 0.2) is 18.2 Å². The zero-order valence-corrected chi connectivity index (χ0v) is 11.1. The van der Waals surface area contributed by atoms with Crippen LogP contribution in [0.25, 0.3) is 0 Å². The normalized spacial score (nSPS) is 15.0. The van der Waals surface area contributed by atoms with Crippen molar-refractivity contribution in [2.75, 3.05) is 11.9 Å². The van der Waals surface area contributed by atoms with Crippen molar-refractivity contribution in [2.45, 2.75) is 25.7 Å². The van der Waals surface area contributed by atoms with E-state index in [1.807, 2.05) is 0 Å². The van der Waals surface area contributed by atoms with E-state index in [0.717, 1.165) is 12.8 Å². The first kappa shape index (κ1) is 14.2. The molecule has 0 atom stereocenters. The van der Waals surface area contributed by atoms with Gasteiger partial charge in [-0.05, 0) is 30.9 Å². The fourth-order valence-corrected chi connectivity index (χ4v) is 2.42. The minimum Gasteiger partial charge on any atom is -0.507 e. The molecule has 0 spiro atoms. The number of hydrogen-bond donors (Lipinski definition) is 4. The molecule has 0 aliphatic heterocycles. The van der Waals surface area contributed by atoms with Gasteiger partial charge in [0.25, 0.3) is 0 Å². The SMILES string of the molecule is O=C(NCC1CCCC1)Nc1ccc(C(=O)O)c(O)c1. The van der Waals surface area contributed by atoms with Crippen LogP contribution in [0.2, 0.25) is 0 Å². The number of phenols is 1. The Balaban J connectivity index is 1.87. The fraction of sp³-hybridized carbons (Fsp3) is 0.429. The number of aromatic hydroxyl groups is 1. The quantitative estimate of drug-likeness (QED) is 0.679. The Morgan fingerprint density at radius 1 is 1.25 bits per heavy atom. The first-order valence-electron chi connectivity index (χ1n) is 6.67. The minimum absolute atomic E-state index is 0.193. The lowest BCUT2D eigenvalue weighted by Gasteiger charge is -2.12. The van der Waals surface area contributed by atoms with Crippen LogP contribution in [0, 0.1) is 5.92 Å². The molecule has 2 rings (SSSR count). The Kier molecular flexibility index (Phi) is 4.45. The van der Waals surface area contributed by atoms with Gasteiger partial charge in [-0.3, -0.25) is 0 Å². The summed E-state index contributed by atoms with van der Waals surface area (Å²) in [5.74, 6) is -1.03. The van der Waals surface area contributed by atoms with Gasteiger partial charge in [-0.2, -0.15) is 0 Å². The van der Waals surface area contributed by atoms with Crippen LogP contribution in [0.3, 0.4) is 0 Å². The highest BCUT2D eigenvalue weighted by Gasteiger charge is 2.16. The molecule has 0 radical (unpaired) electrons. The van der Waals surface area contributed by atoms with Gasteiger partial charge in [0, 0.05) is 18.3 Å². The lowest BCUT2D eigenvalue weighted by molar-refractivity contribution is 0.0694. The standard InChI is InChI=1S/C14H18N2O4/c17-12-7-10(5-6-11(12)13(18)19)16-14(20)15-8-9-3-1-2-4-9/h5-7,9,17H,1-4,8H2,(H,18,19)(H2,15,16,20). The Morgan fingerprint density at radius 3 is 2.55 bits per heavy atom. The highest BCUT2D eigenvalue weighted by molar-refractivity contribution is 5.93. The lowest BCUT2D eigenvalue weighted by Crippen LogP contribution is -2.32. The largest absolute Gasteiger partial charge is 0.507 e. The molecule has 6 heteroatoms. The maximum Gasteiger partial charge on any atom is 0.339 e. The van der Waals surface area contributed by atoms with E-state index < -0.39 is 5.97 Å². The number of rotatable bonds is 4. The van der Waals surface area contributed by atoms with Gasteiger partial charge in [0.15, 0.2) is 0 Å². The third-order valence-electron chi connectivity index (χ3n) is 3.51. The van der Waals surface area contributed by atoms with Crippen LogP contribution in [0.4, 0.5) is 10.5 Å². The summed E-state index contributed by atoms with van der Waals surface area (Å²) in [6.45, 7) is 0.644. The van der Waals surface area contributed by atoms with Gasteiger partial charge in [0.1, 0.15) is 11.3 Å². The lowest BCUT2D eigenvalue weighted by atomic mass is 10.1. The molecule has 1 aliphatic carbocycles. The van der Waals surface area contributed by atoms with Crippen LogP contribution in [0.5, 0.6) is 5.75 Å². The van der Waals surface area contributed by atoms with Gasteiger partial charge in [0.2, 0.25) is 0 Å². The van der Waals surface area contributed by atoms with Gasteiger partial charge in [-0.1, -0.05) is 12.8 Å². The van der Waals surface area contributed by atoms with Crippen molar-refractivity contribution >= 4 is 17.7 Å². The number of aromatic carboxylic acids is 1. The summed E-state index contributed by atoms with van der Waals surface area (Å²) < 4.78 is 0. The molecular formula is C14H18N2O4. The van der Waals surface area contributed by atoms with Gasteiger partial charge in [0.05, 0.1) is 0 Å². The van der Waals surface area contributed by atoms with E-state index in [-0.39, 0.29) is 17.3 Å². The molecule has 0 heterocycles. The summed E-state index contributed by atoms with van der Waals surface area (Å²) >= 11 is 0. The molecule has 1 aromatic rings. The van der Waals surface area contributed by atoms with E-state index in [4.69, 9.17) is 5.11 Å². The molecule has 108 valence electrons. The molecule has 6 nitrogen and oxygen atoms in total. The van der Waals surface area contributed by atoms with Gasteiger partial charge < -0.3 is 20.8 Å². The van der Waals surface area contributed by atoms with Crippen LogP contribution in [0.1, 0.15) is 36.0 Å². The van der Waals surface area contributed by atoms with E-state index in [1.54, 1.807) is 0 Å². The summed E-state index contributed by atoms with van der Waals surface area (Å²) in [5, 5.41) is 23.7. The van der Waals surface area contributed by atoms with Crippen molar-refractivity contribution in [2.24, 2.45) is 5.92 Å². The van der Waals surface area contributed by atoms with E-state index in [1.165, 1.54) is 31.0 Å². The average molecular weight is 278 g/mol. The molecule has 0 unspecified atom stereocenters. The molecule has 20 heavy (non-hydrogen) atoms. The molecule has 1 aromatic carbocycles. The van der Waals surface area contributed by atoms with E-state index in [0.29, 0.717) is 18.2 Å². The number of amides is 2. The summed E-state index contributed by atoms with van der Waals surface area (Å²) in [6, 6.07) is 3.57. The zero-order chi connectivity index (χ0) is 14.5. The molecule has 1 fully saturated rings. The van der Waals surface area contributed by atoms with Crippen LogP contribution < -0.4 is 10.6 Å². The number of carbonyl (C=O) groups is 2. The second kappa shape index (κ2) is 6.27. The Hall–Kier alpha value is -2.24. The second-order valence-corrected chi connectivity index (χ2v) is 5.02. The number of urea groups is 1. The van der Waals surface area contributed by atoms with Crippen molar-refractivity contribution in [1.29, 1.82) is 0 Å². The number of carboxylic acid groups (broad SMARTS) is 1. The molecular weight excluding hydrogens is 260 g/mol. The fourth-order valence-electron chi connectivity index (χ4n) is 2.42. The number of carboxylic acids is 1. The molecule has 0 bridgehead atoms. The van der Waals surface area contributed by atoms with Gasteiger partial charge in [-0.25, -0.2) is 9.59 Å². The monoisotopic (exact) mass is 278 g/mol. The van der Waals surface area contributed by atoms with Crippen molar-refractivity contribution in [1.82, 2.24) is 5.32 Å². The summed E-state index contributed by atoms with van der Waals surface area (Å²) in [4.78, 5) is 22.4. The maximum absolute atomic E-state index is 11.7. The first-order chi connectivity index (χ1) is 9.56. The predicted octanol–water partition coefficient (Wildman–Crippen LogP) is 2.40. The Labute approximate surface area is 116 Å². The number of benzene rings is 1. The minimum atomic E-state index is -1.21. The smallest absolute Gasteiger partial charge is 0.339 e. The van der Waals surface area contributed by atoms with E-state index in [9.17, 15) is 14.7 Å². The third kappa shape index (κ3) is 3.63. The highest BCUT2D eigenvalue weighted by atomic mass is 16.4. The van der Waals surface area contributed by atoms with Crippen LogP contribution >= 0.6 is 0 Å². The maximum atomic E-state index is 11.7. The van der Waals surface area contributed by atoms with Crippen molar-refractivity contribution in [3.8, 4) is 5.75 Å². The predicted molar refractivity (Wildman–Crippen MR) is 74.0 cm³/mol. The van der Waals surface area contributed by atoms with Crippen molar-refractivity contribution < 1.29 is 19.8 Å². The molecule has 1 aliphatic rings. The average Bonchev–Trinajstić information content (AvgIpc) is 2.89.